The molecule has 12 nitrogen and oxygen atoms in total. The number of hydrogen-bond acceptors (Lipinski definition) is 8. The number of hydrogen-bond donors (Lipinski definition) is 3. The molecule has 3 aromatic carbocycles. The number of nitrogens with two attached hydrogens (primary N) is 1. The number of pyridine rings is 1. The van der Waals surface area contributed by atoms with Gasteiger partial charge in [-0.1, -0.05) is 29.8 Å². The number of fused-ring (bicyclic) bond motifs is 2. The first-order valence-corrected chi connectivity index (χ1v) is 15.4. The van der Waals surface area contributed by atoms with E-state index in [1.54, 1.807) is 48.4 Å². The van der Waals surface area contributed by atoms with Gasteiger partial charge in [-0.2, -0.15) is 10.1 Å². The van der Waals surface area contributed by atoms with Crippen LogP contribution >= 0.6 is 11.6 Å². The molecule has 49 heavy (non-hydrogen) atoms. The van der Waals surface area contributed by atoms with Crippen LogP contribution in [-0.4, -0.2) is 40.0 Å². The van der Waals surface area contributed by atoms with E-state index in [2.05, 4.69) is 20.4 Å². The van der Waals surface area contributed by atoms with Crippen LogP contribution in [-0.2, 0) is 31.4 Å². The van der Waals surface area contributed by atoms with Gasteiger partial charge in [0, 0.05) is 48.6 Å². The second-order valence-electron chi connectivity index (χ2n) is 11.3. The van der Waals surface area contributed by atoms with E-state index in [0.29, 0.717) is 52.1 Å². The van der Waals surface area contributed by atoms with E-state index in [1.807, 2.05) is 0 Å². The predicted octanol–water partition coefficient (Wildman–Crippen LogP) is 4.95. The number of aliphatic carboxylic acids is 1. The Hall–Kier alpha value is -5.54. The highest BCUT2D eigenvalue weighted by Crippen LogP contribution is 2.36. The SMILES string of the molecule is Cn1cc2c(CCCCC(=O)O)c(Nc3nc(=O)n(-c4cncc5cccc(CN)c45)c(=O)n3Cc3cc(F)c(F)c(F)c3)c(Cl)cc2n1. The molecule has 0 aliphatic heterocycles. The molecular formula is C33H28ClF3N8O4. The van der Waals surface area contributed by atoms with Crippen LogP contribution in [0.2, 0.25) is 5.02 Å². The Kier molecular flexibility index (Phi) is 9.21. The van der Waals surface area contributed by atoms with E-state index < -0.39 is 41.3 Å². The molecule has 6 aromatic rings. The average molecular weight is 693 g/mol. The maximum Gasteiger partial charge on any atom is 0.359 e. The van der Waals surface area contributed by atoms with Gasteiger partial charge in [0.05, 0.1) is 34.7 Å². The summed E-state index contributed by atoms with van der Waals surface area (Å²) in [5, 5.41) is 18.4. The van der Waals surface area contributed by atoms with Crippen LogP contribution in [0.15, 0.2) is 64.6 Å². The molecular weight excluding hydrogens is 665 g/mol. The number of nitrogens with one attached hydrogen (secondary N) is 1. The molecule has 0 radical (unpaired) electrons. The summed E-state index contributed by atoms with van der Waals surface area (Å²) >= 11 is 6.74. The summed E-state index contributed by atoms with van der Waals surface area (Å²) in [7, 11) is 1.72. The van der Waals surface area contributed by atoms with Crippen molar-refractivity contribution in [1.82, 2.24) is 28.9 Å². The lowest BCUT2D eigenvalue weighted by Gasteiger charge is -2.19. The molecule has 0 saturated heterocycles. The topological polar surface area (TPSA) is 163 Å². The van der Waals surface area contributed by atoms with Crippen molar-refractivity contribution in [2.24, 2.45) is 12.8 Å². The van der Waals surface area contributed by atoms with Gasteiger partial charge in [0.15, 0.2) is 17.5 Å². The summed E-state index contributed by atoms with van der Waals surface area (Å²) in [4.78, 5) is 47.7. The Morgan fingerprint density at radius 2 is 1.84 bits per heavy atom. The summed E-state index contributed by atoms with van der Waals surface area (Å²) < 4.78 is 45.9. The summed E-state index contributed by atoms with van der Waals surface area (Å²) in [6.45, 7) is -0.478. The van der Waals surface area contributed by atoms with Crippen molar-refractivity contribution in [1.29, 1.82) is 0 Å². The first-order valence-electron chi connectivity index (χ1n) is 15.0. The number of carbonyl (C=O) groups is 1. The zero-order valence-electron chi connectivity index (χ0n) is 25.9. The fourth-order valence-electron chi connectivity index (χ4n) is 5.85. The molecule has 0 amide bonds. The number of aromatic nitrogens is 6. The minimum Gasteiger partial charge on any atom is -0.481 e. The van der Waals surface area contributed by atoms with Crippen molar-refractivity contribution in [3.05, 3.63) is 115 Å². The Balaban J connectivity index is 1.57. The van der Waals surface area contributed by atoms with E-state index in [1.165, 1.54) is 6.20 Å². The third-order valence-electron chi connectivity index (χ3n) is 8.06. The van der Waals surface area contributed by atoms with Gasteiger partial charge in [0.25, 0.3) is 0 Å². The molecule has 0 bridgehead atoms. The highest BCUT2D eigenvalue weighted by molar-refractivity contribution is 6.34. The van der Waals surface area contributed by atoms with Crippen molar-refractivity contribution < 1.29 is 23.1 Å². The lowest BCUT2D eigenvalue weighted by atomic mass is 10.0. The number of unbranched alkanes of at least 4 members (excludes halogenated alkanes) is 1. The fraction of sp³-hybridized carbons (Fsp3) is 0.212. The lowest BCUT2D eigenvalue weighted by Crippen LogP contribution is -2.42. The van der Waals surface area contributed by atoms with E-state index in [-0.39, 0.29) is 40.9 Å². The highest BCUT2D eigenvalue weighted by Gasteiger charge is 2.22. The number of anilines is 2. The maximum atomic E-state index is 14.4. The molecule has 0 fully saturated rings. The van der Waals surface area contributed by atoms with Crippen molar-refractivity contribution in [3.63, 3.8) is 0 Å². The molecule has 0 saturated carbocycles. The Morgan fingerprint density at radius 3 is 2.55 bits per heavy atom. The second-order valence-corrected chi connectivity index (χ2v) is 11.8. The minimum atomic E-state index is -1.68. The van der Waals surface area contributed by atoms with Gasteiger partial charge in [-0.25, -0.2) is 27.3 Å². The zero-order valence-corrected chi connectivity index (χ0v) is 26.6. The summed E-state index contributed by atoms with van der Waals surface area (Å²) in [6, 6.07) is 8.26. The third-order valence-corrected chi connectivity index (χ3v) is 8.35. The quantitative estimate of drug-likeness (QED) is 0.126. The summed E-state index contributed by atoms with van der Waals surface area (Å²) in [6.07, 6.45) is 5.67. The van der Waals surface area contributed by atoms with Crippen molar-refractivity contribution >= 4 is 50.9 Å². The Labute approximate surface area is 280 Å². The van der Waals surface area contributed by atoms with E-state index in [9.17, 15) is 27.6 Å². The molecule has 4 N–H and O–H groups in total. The van der Waals surface area contributed by atoms with Gasteiger partial charge in [-0.15, -0.1) is 0 Å². The van der Waals surface area contributed by atoms with Crippen molar-refractivity contribution in [2.45, 2.75) is 38.8 Å². The number of carboxylic acids is 1. The van der Waals surface area contributed by atoms with Crippen LogP contribution in [0.3, 0.4) is 0 Å². The Morgan fingerprint density at radius 1 is 1.08 bits per heavy atom. The second kappa shape index (κ2) is 13.5. The van der Waals surface area contributed by atoms with Crippen LogP contribution in [0.25, 0.3) is 27.4 Å². The summed E-state index contributed by atoms with van der Waals surface area (Å²) in [5.41, 5.74) is 5.96. The standard InChI is InChI=1S/C33H28ClF3N8O4/c1-43-16-21-20(7-2-3-8-27(46)47)30(22(34)11-25(21)42-43)40-31-41-32(48)45(26-14-39-13-19-6-4-5-18(12-38)28(19)26)33(49)44(31)15-17-9-23(35)29(37)24(36)10-17/h4-6,9-11,13-14,16H,2-3,7-8,12,15,38H2,1H3,(H,46,47)(H,40,41,48). The van der Waals surface area contributed by atoms with Crippen molar-refractivity contribution in [3.8, 4) is 5.69 Å². The smallest absolute Gasteiger partial charge is 0.359 e. The largest absolute Gasteiger partial charge is 0.481 e. The van der Waals surface area contributed by atoms with Crippen molar-refractivity contribution in [2.75, 3.05) is 5.32 Å². The molecule has 0 aliphatic carbocycles. The van der Waals surface area contributed by atoms with E-state index in [4.69, 9.17) is 22.4 Å². The van der Waals surface area contributed by atoms with Crippen LogP contribution in [0.1, 0.15) is 36.0 Å². The van der Waals surface area contributed by atoms with Crippen LogP contribution in [0.4, 0.5) is 24.8 Å². The Bertz CT molecular complexity index is 2360. The molecule has 3 heterocycles. The van der Waals surface area contributed by atoms with E-state index in [0.717, 1.165) is 21.3 Å². The zero-order chi connectivity index (χ0) is 35.0. The van der Waals surface area contributed by atoms with Gasteiger partial charge in [-0.3, -0.25) is 19.0 Å². The van der Waals surface area contributed by atoms with Crippen LogP contribution < -0.4 is 22.4 Å². The first kappa shape index (κ1) is 33.4. The van der Waals surface area contributed by atoms with Gasteiger partial charge < -0.3 is 16.2 Å². The number of aryl methyl sites for hydroxylation is 2. The molecule has 0 atom stereocenters. The number of rotatable bonds is 11. The minimum absolute atomic E-state index is 0.0570. The van der Waals surface area contributed by atoms with Crippen LogP contribution in [0.5, 0.6) is 0 Å². The third kappa shape index (κ3) is 6.49. The van der Waals surface area contributed by atoms with Gasteiger partial charge >= 0.3 is 17.3 Å². The van der Waals surface area contributed by atoms with Crippen LogP contribution in [0, 0.1) is 17.5 Å². The molecule has 0 spiro atoms. The molecule has 252 valence electrons. The normalized spacial score (nSPS) is 11.5. The maximum absolute atomic E-state index is 14.4. The number of halogens is 4. The predicted molar refractivity (Wildman–Crippen MR) is 177 cm³/mol. The molecule has 6 rings (SSSR count). The molecule has 0 aliphatic rings. The van der Waals surface area contributed by atoms with E-state index >= 15 is 0 Å². The highest BCUT2D eigenvalue weighted by atomic mass is 35.5. The number of nitrogens with zero attached hydrogens (tertiary/aromatic N) is 6. The van der Waals surface area contributed by atoms with Gasteiger partial charge in [-0.05, 0) is 54.2 Å². The number of carboxylic acid groups (broad SMARTS) is 1. The number of benzene rings is 3. The lowest BCUT2D eigenvalue weighted by molar-refractivity contribution is -0.137. The summed E-state index contributed by atoms with van der Waals surface area (Å²) in [5.74, 6) is -5.91. The average Bonchev–Trinajstić information content (AvgIpc) is 3.43. The molecule has 0 unspecified atom stereocenters. The molecule has 3 aromatic heterocycles. The first-order chi connectivity index (χ1) is 23.5. The molecule has 16 heteroatoms. The van der Waals surface area contributed by atoms with Gasteiger partial charge in [0.2, 0.25) is 5.95 Å². The fourth-order valence-corrected chi connectivity index (χ4v) is 6.12. The van der Waals surface area contributed by atoms with Gasteiger partial charge in [0.1, 0.15) is 0 Å². The monoisotopic (exact) mass is 692 g/mol.